The molecule has 2 aromatic rings. The van der Waals surface area contributed by atoms with E-state index in [0.717, 1.165) is 11.1 Å². The molecule has 4 unspecified atom stereocenters. The summed E-state index contributed by atoms with van der Waals surface area (Å²) in [6.07, 6.45) is 0. The van der Waals surface area contributed by atoms with Gasteiger partial charge in [-0.15, -0.1) is 0 Å². The lowest BCUT2D eigenvalue weighted by atomic mass is 9.99. The smallest absolute Gasteiger partial charge is 0.274 e. The first kappa shape index (κ1) is 21.5. The average Bonchev–Trinajstić information content (AvgIpc) is 2.68. The highest BCUT2D eigenvalue weighted by atomic mass is 79.9. The van der Waals surface area contributed by atoms with Crippen molar-refractivity contribution in [3.8, 4) is 0 Å². The quantitative estimate of drug-likeness (QED) is 0.206. The molecule has 0 saturated heterocycles. The van der Waals surface area contributed by atoms with Crippen molar-refractivity contribution in [3.63, 3.8) is 0 Å². The molecule has 0 amide bonds. The van der Waals surface area contributed by atoms with Gasteiger partial charge in [0.15, 0.2) is 0 Å². The SMILES string of the molecule is O=[N+]([O-])C(Br)C(COCC(c1ccccc1)C(Br)[N+](=O)[O-])c1ccccc1. The number of ether oxygens (including phenoxy) is 1. The third-order valence-corrected chi connectivity index (χ3v) is 6.06. The Morgan fingerprint density at radius 3 is 1.37 bits per heavy atom. The van der Waals surface area contributed by atoms with Gasteiger partial charge >= 0.3 is 0 Å². The van der Waals surface area contributed by atoms with Gasteiger partial charge in [0, 0.05) is 9.85 Å². The summed E-state index contributed by atoms with van der Waals surface area (Å²) in [5.74, 6) is -1.05. The fraction of sp³-hybridized carbons (Fsp3) is 0.333. The standard InChI is InChI=1S/C18H18Br2N2O5/c19-17(21(23)24)15(13-7-3-1-4-8-13)11-27-12-16(18(20)22(25)26)14-9-5-2-6-10-14/h1-10,15-18H,11-12H2. The summed E-state index contributed by atoms with van der Waals surface area (Å²) in [6, 6.07) is 18.0. The largest absolute Gasteiger partial charge is 0.380 e. The van der Waals surface area contributed by atoms with Crippen LogP contribution in [0.2, 0.25) is 0 Å². The van der Waals surface area contributed by atoms with E-state index in [1.165, 1.54) is 0 Å². The third kappa shape index (κ3) is 6.08. The van der Waals surface area contributed by atoms with Crippen molar-refractivity contribution in [2.45, 2.75) is 21.7 Å². The number of halogens is 2. The van der Waals surface area contributed by atoms with Crippen molar-refractivity contribution < 1.29 is 14.6 Å². The van der Waals surface area contributed by atoms with Crippen LogP contribution in [0.1, 0.15) is 23.0 Å². The van der Waals surface area contributed by atoms with Crippen molar-refractivity contribution in [3.05, 3.63) is 92.0 Å². The molecule has 0 spiro atoms. The first-order valence-corrected chi connectivity index (χ1v) is 9.97. The Bertz CT molecular complexity index is 684. The molecule has 2 aromatic carbocycles. The normalized spacial score (nSPS) is 15.5. The lowest BCUT2D eigenvalue weighted by Gasteiger charge is -2.21. The molecule has 2 rings (SSSR count). The number of benzene rings is 2. The summed E-state index contributed by atoms with van der Waals surface area (Å²) >= 11 is 6.23. The van der Waals surface area contributed by atoms with Gasteiger partial charge in [-0.3, -0.25) is 20.2 Å². The van der Waals surface area contributed by atoms with Crippen molar-refractivity contribution in [2.24, 2.45) is 0 Å². The van der Waals surface area contributed by atoms with E-state index in [9.17, 15) is 20.2 Å². The molecule has 0 radical (unpaired) electrons. The lowest BCUT2D eigenvalue weighted by Crippen LogP contribution is -2.29. The van der Waals surface area contributed by atoms with E-state index in [-0.39, 0.29) is 13.2 Å². The molecule has 0 aliphatic heterocycles. The molecule has 9 heteroatoms. The van der Waals surface area contributed by atoms with Crippen molar-refractivity contribution >= 4 is 31.9 Å². The van der Waals surface area contributed by atoms with Crippen molar-refractivity contribution in [1.82, 2.24) is 0 Å². The minimum absolute atomic E-state index is 0.0572. The number of hydrogen-bond acceptors (Lipinski definition) is 5. The second-order valence-corrected chi connectivity index (χ2v) is 7.76. The Balaban J connectivity index is 2.12. The van der Waals surface area contributed by atoms with Crippen LogP contribution >= 0.6 is 31.9 Å². The van der Waals surface area contributed by atoms with Crippen LogP contribution in [0, 0.1) is 20.2 Å². The maximum Gasteiger partial charge on any atom is 0.274 e. The number of nitro groups is 2. The van der Waals surface area contributed by atoms with Gasteiger partial charge in [0.05, 0.1) is 25.0 Å². The molecule has 27 heavy (non-hydrogen) atoms. The topological polar surface area (TPSA) is 95.5 Å². The van der Waals surface area contributed by atoms with Crippen molar-refractivity contribution in [2.75, 3.05) is 13.2 Å². The summed E-state index contributed by atoms with van der Waals surface area (Å²) in [4.78, 5) is 19.6. The van der Waals surface area contributed by atoms with Crippen LogP contribution in [0.4, 0.5) is 0 Å². The third-order valence-electron chi connectivity index (χ3n) is 4.12. The Morgan fingerprint density at radius 2 is 1.07 bits per heavy atom. The number of nitrogens with zero attached hydrogens (tertiary/aromatic N) is 2. The van der Waals surface area contributed by atoms with E-state index in [2.05, 4.69) is 31.9 Å². The minimum atomic E-state index is -1.02. The molecule has 0 fully saturated rings. The molecule has 144 valence electrons. The number of rotatable bonds is 10. The van der Waals surface area contributed by atoms with Gasteiger partial charge in [0.1, 0.15) is 0 Å². The molecular weight excluding hydrogens is 484 g/mol. The minimum Gasteiger partial charge on any atom is -0.380 e. The maximum atomic E-state index is 11.2. The fourth-order valence-corrected chi connectivity index (χ4v) is 3.60. The van der Waals surface area contributed by atoms with Crippen LogP contribution < -0.4 is 0 Å². The van der Waals surface area contributed by atoms with Gasteiger partial charge < -0.3 is 4.74 Å². The maximum absolute atomic E-state index is 11.2. The van der Waals surface area contributed by atoms with E-state index in [1.54, 1.807) is 48.5 Å². The summed E-state index contributed by atoms with van der Waals surface area (Å²) in [7, 11) is 0. The van der Waals surface area contributed by atoms with Gasteiger partial charge in [-0.25, -0.2) is 0 Å². The number of alkyl halides is 2. The Labute approximate surface area is 173 Å². The Morgan fingerprint density at radius 1 is 0.741 bits per heavy atom. The molecule has 0 bridgehead atoms. The first-order valence-electron chi connectivity index (χ1n) is 8.14. The van der Waals surface area contributed by atoms with E-state index in [4.69, 9.17) is 4.74 Å². The van der Waals surface area contributed by atoms with Crippen LogP contribution in [0.3, 0.4) is 0 Å². The molecule has 4 atom stereocenters. The zero-order chi connectivity index (χ0) is 19.8. The second kappa shape index (κ2) is 10.5. The zero-order valence-electron chi connectivity index (χ0n) is 14.2. The Kier molecular flexibility index (Phi) is 8.33. The number of hydrogen-bond donors (Lipinski definition) is 0. The van der Waals surface area contributed by atoms with Gasteiger partial charge in [-0.2, -0.15) is 0 Å². The summed E-state index contributed by atoms with van der Waals surface area (Å²) < 4.78 is 5.74. The lowest BCUT2D eigenvalue weighted by molar-refractivity contribution is -0.499. The van der Waals surface area contributed by atoms with Crippen LogP contribution in [0.25, 0.3) is 0 Å². The molecule has 0 saturated carbocycles. The average molecular weight is 502 g/mol. The summed E-state index contributed by atoms with van der Waals surface area (Å²) in [5.41, 5.74) is 1.52. The zero-order valence-corrected chi connectivity index (χ0v) is 17.4. The highest BCUT2D eigenvalue weighted by Gasteiger charge is 2.33. The summed E-state index contributed by atoms with van der Waals surface area (Å²) in [6.45, 7) is 0.114. The van der Waals surface area contributed by atoms with Crippen molar-refractivity contribution in [1.29, 1.82) is 0 Å². The second-order valence-electron chi connectivity index (χ2n) is 5.89. The van der Waals surface area contributed by atoms with Crippen LogP contribution in [-0.4, -0.2) is 33.0 Å². The molecular formula is C18H18Br2N2O5. The van der Waals surface area contributed by atoms with Gasteiger partial charge in [-0.05, 0) is 43.0 Å². The molecule has 0 aliphatic rings. The van der Waals surface area contributed by atoms with Gasteiger partial charge in [-0.1, -0.05) is 60.7 Å². The predicted molar refractivity (Wildman–Crippen MR) is 109 cm³/mol. The summed E-state index contributed by atoms with van der Waals surface area (Å²) in [5, 5.41) is 22.5. The van der Waals surface area contributed by atoms with E-state index in [0.29, 0.717) is 0 Å². The van der Waals surface area contributed by atoms with Gasteiger partial charge in [0.25, 0.3) is 9.90 Å². The molecule has 0 N–H and O–H groups in total. The molecule has 0 heterocycles. The molecule has 0 aromatic heterocycles. The Hall–Kier alpha value is -1.84. The first-order chi connectivity index (χ1) is 12.9. The highest BCUT2D eigenvalue weighted by molar-refractivity contribution is 9.09. The highest BCUT2D eigenvalue weighted by Crippen LogP contribution is 2.29. The van der Waals surface area contributed by atoms with Crippen LogP contribution in [0.5, 0.6) is 0 Å². The van der Waals surface area contributed by atoms with Crippen LogP contribution in [0.15, 0.2) is 60.7 Å². The molecule has 7 nitrogen and oxygen atoms in total. The monoisotopic (exact) mass is 500 g/mol. The molecule has 0 aliphatic carbocycles. The van der Waals surface area contributed by atoms with Crippen LogP contribution in [-0.2, 0) is 4.74 Å². The van der Waals surface area contributed by atoms with E-state index in [1.807, 2.05) is 12.1 Å². The predicted octanol–water partition coefficient (Wildman–Crippen LogP) is 4.57. The van der Waals surface area contributed by atoms with Gasteiger partial charge in [0.2, 0.25) is 0 Å². The van der Waals surface area contributed by atoms with E-state index < -0.39 is 31.6 Å². The van der Waals surface area contributed by atoms with E-state index >= 15 is 0 Å². The fourth-order valence-electron chi connectivity index (χ4n) is 2.69.